The highest BCUT2D eigenvalue weighted by Gasteiger charge is 2.20. The van der Waals surface area contributed by atoms with Crippen LogP contribution in [0.5, 0.6) is 0 Å². The van der Waals surface area contributed by atoms with E-state index in [-0.39, 0.29) is 11.2 Å². The Kier molecular flexibility index (Phi) is 5.23. The van der Waals surface area contributed by atoms with Crippen molar-refractivity contribution in [2.75, 3.05) is 5.32 Å². The number of carbonyl (C=O) groups is 1. The first kappa shape index (κ1) is 17.3. The summed E-state index contributed by atoms with van der Waals surface area (Å²) in [5.74, 6) is 1.01. The molecule has 1 N–H and O–H groups in total. The summed E-state index contributed by atoms with van der Waals surface area (Å²) in [6.07, 6.45) is 1.54. The van der Waals surface area contributed by atoms with Gasteiger partial charge < -0.3 is 14.2 Å². The Labute approximate surface area is 150 Å². The van der Waals surface area contributed by atoms with E-state index >= 15 is 0 Å². The number of anilines is 1. The van der Waals surface area contributed by atoms with Crippen LogP contribution in [0, 0.1) is 0 Å². The summed E-state index contributed by atoms with van der Waals surface area (Å²) in [6.45, 7) is 5.99. The normalized spacial score (nSPS) is 12.3. The molecule has 0 saturated heterocycles. The molecule has 2 heterocycles. The third-order valence-electron chi connectivity index (χ3n) is 3.63. The number of amides is 1. The maximum atomic E-state index is 12.5. The zero-order valence-corrected chi connectivity index (χ0v) is 15.0. The molecule has 3 rings (SSSR count). The molecule has 0 bridgehead atoms. The molecule has 0 fully saturated rings. The van der Waals surface area contributed by atoms with E-state index in [4.69, 9.17) is 8.83 Å². The summed E-state index contributed by atoms with van der Waals surface area (Å²) >= 11 is 1.21. The van der Waals surface area contributed by atoms with Crippen molar-refractivity contribution in [1.29, 1.82) is 0 Å². The Bertz CT molecular complexity index is 843. The van der Waals surface area contributed by atoms with Crippen LogP contribution in [0.2, 0.25) is 0 Å². The standard InChI is InChI=1S/C18H19N3O3S/c1-11(2)13-7-4-5-8-14(13)19-16(22)12(3)25-18-21-20-17(24-18)15-9-6-10-23-15/h4-12H,1-3H3,(H,19,22)/t12-/m0/s1. The van der Waals surface area contributed by atoms with Crippen molar-refractivity contribution < 1.29 is 13.6 Å². The SMILES string of the molecule is CC(C)c1ccccc1NC(=O)[C@H](C)Sc1nnc(-c2ccco2)o1. The van der Waals surface area contributed by atoms with Gasteiger partial charge in [0.25, 0.3) is 11.1 Å². The number of hydrogen-bond donors (Lipinski definition) is 1. The Morgan fingerprint density at radius 2 is 1.92 bits per heavy atom. The van der Waals surface area contributed by atoms with Gasteiger partial charge in [-0.3, -0.25) is 4.79 Å². The second-order valence-electron chi connectivity index (χ2n) is 5.84. The van der Waals surface area contributed by atoms with Crippen molar-refractivity contribution in [2.24, 2.45) is 0 Å². The fraction of sp³-hybridized carbons (Fsp3) is 0.278. The van der Waals surface area contributed by atoms with Crippen LogP contribution >= 0.6 is 11.8 Å². The Morgan fingerprint density at radius 1 is 1.12 bits per heavy atom. The molecule has 3 aromatic rings. The van der Waals surface area contributed by atoms with Crippen molar-refractivity contribution in [1.82, 2.24) is 10.2 Å². The van der Waals surface area contributed by atoms with Gasteiger partial charge in [-0.2, -0.15) is 0 Å². The largest absolute Gasteiger partial charge is 0.459 e. The smallest absolute Gasteiger partial charge is 0.284 e. The number of benzene rings is 1. The summed E-state index contributed by atoms with van der Waals surface area (Å²) < 4.78 is 10.7. The number of carbonyl (C=O) groups excluding carboxylic acids is 1. The van der Waals surface area contributed by atoms with Crippen LogP contribution in [0.4, 0.5) is 5.69 Å². The minimum Gasteiger partial charge on any atom is -0.459 e. The Hall–Kier alpha value is -2.54. The highest BCUT2D eigenvalue weighted by Crippen LogP contribution is 2.28. The van der Waals surface area contributed by atoms with Crippen LogP contribution in [0.25, 0.3) is 11.7 Å². The maximum absolute atomic E-state index is 12.5. The van der Waals surface area contributed by atoms with Gasteiger partial charge in [-0.25, -0.2) is 0 Å². The van der Waals surface area contributed by atoms with Crippen molar-refractivity contribution >= 4 is 23.4 Å². The molecule has 0 aliphatic carbocycles. The first-order valence-corrected chi connectivity index (χ1v) is 8.86. The highest BCUT2D eigenvalue weighted by atomic mass is 32.2. The second-order valence-corrected chi connectivity index (χ2v) is 7.13. The van der Waals surface area contributed by atoms with Crippen molar-refractivity contribution in [3.05, 3.63) is 48.2 Å². The van der Waals surface area contributed by atoms with Gasteiger partial charge in [0, 0.05) is 5.69 Å². The first-order valence-electron chi connectivity index (χ1n) is 7.98. The third-order valence-corrected chi connectivity index (χ3v) is 4.56. The van der Waals surface area contributed by atoms with Gasteiger partial charge in [-0.1, -0.05) is 43.8 Å². The number of para-hydroxylation sites is 1. The number of nitrogens with one attached hydrogen (secondary N) is 1. The van der Waals surface area contributed by atoms with E-state index in [1.54, 1.807) is 19.1 Å². The number of hydrogen-bond acceptors (Lipinski definition) is 6. The first-order chi connectivity index (χ1) is 12.0. The molecule has 25 heavy (non-hydrogen) atoms. The average Bonchev–Trinajstić information content (AvgIpc) is 3.26. The van der Waals surface area contributed by atoms with Gasteiger partial charge in [0.05, 0.1) is 11.5 Å². The number of furan rings is 1. The third kappa shape index (κ3) is 4.11. The lowest BCUT2D eigenvalue weighted by Gasteiger charge is -2.15. The molecule has 1 amide bonds. The van der Waals surface area contributed by atoms with Crippen LogP contribution in [0.1, 0.15) is 32.3 Å². The monoisotopic (exact) mass is 357 g/mol. The van der Waals surface area contributed by atoms with Gasteiger partial charge in [0.2, 0.25) is 5.91 Å². The molecule has 0 spiro atoms. The second kappa shape index (κ2) is 7.57. The quantitative estimate of drug-likeness (QED) is 0.651. The molecule has 0 aliphatic heterocycles. The van der Waals surface area contributed by atoms with Gasteiger partial charge in [-0.15, -0.1) is 10.2 Å². The molecule has 0 unspecified atom stereocenters. The van der Waals surface area contributed by atoms with E-state index in [0.29, 0.717) is 22.8 Å². The van der Waals surface area contributed by atoms with Gasteiger partial charge in [0.15, 0.2) is 5.76 Å². The summed E-state index contributed by atoms with van der Waals surface area (Å²) in [5, 5.41) is 10.8. The fourth-order valence-electron chi connectivity index (χ4n) is 2.31. The molecular formula is C18H19N3O3S. The van der Waals surface area contributed by atoms with Crippen LogP contribution in [-0.4, -0.2) is 21.4 Å². The van der Waals surface area contributed by atoms with Crippen LogP contribution in [0.3, 0.4) is 0 Å². The van der Waals surface area contributed by atoms with Crippen molar-refractivity contribution in [2.45, 2.75) is 37.2 Å². The predicted molar refractivity (Wildman–Crippen MR) is 96.5 cm³/mol. The zero-order valence-electron chi connectivity index (χ0n) is 14.2. The van der Waals surface area contributed by atoms with Crippen molar-refractivity contribution in [3.63, 3.8) is 0 Å². The van der Waals surface area contributed by atoms with E-state index in [9.17, 15) is 4.79 Å². The number of rotatable bonds is 6. The number of aromatic nitrogens is 2. The van der Waals surface area contributed by atoms with Crippen LogP contribution in [-0.2, 0) is 4.79 Å². The van der Waals surface area contributed by atoms with Gasteiger partial charge in [0.1, 0.15) is 0 Å². The number of nitrogens with zero attached hydrogens (tertiary/aromatic N) is 2. The van der Waals surface area contributed by atoms with E-state index in [1.807, 2.05) is 24.3 Å². The summed E-state index contributed by atoms with van der Waals surface area (Å²) in [4.78, 5) is 12.5. The molecule has 6 nitrogen and oxygen atoms in total. The average molecular weight is 357 g/mol. The highest BCUT2D eigenvalue weighted by molar-refractivity contribution is 8.00. The summed E-state index contributed by atoms with van der Waals surface area (Å²) in [5.41, 5.74) is 1.93. The molecule has 7 heteroatoms. The molecular weight excluding hydrogens is 338 g/mol. The lowest BCUT2D eigenvalue weighted by molar-refractivity contribution is -0.115. The molecule has 130 valence electrons. The molecule has 1 aromatic carbocycles. The van der Waals surface area contributed by atoms with E-state index in [2.05, 4.69) is 29.4 Å². The Balaban J connectivity index is 1.65. The minimum absolute atomic E-state index is 0.115. The number of thioether (sulfide) groups is 1. The lowest BCUT2D eigenvalue weighted by atomic mass is 10.0. The predicted octanol–water partition coefficient (Wildman–Crippen LogP) is 4.57. The van der Waals surface area contributed by atoms with E-state index < -0.39 is 0 Å². The van der Waals surface area contributed by atoms with Crippen LogP contribution in [0.15, 0.2) is 56.7 Å². The topological polar surface area (TPSA) is 81.2 Å². The molecule has 0 radical (unpaired) electrons. The molecule has 2 aromatic heterocycles. The molecule has 0 aliphatic rings. The summed E-state index contributed by atoms with van der Waals surface area (Å²) in [7, 11) is 0. The van der Waals surface area contributed by atoms with E-state index in [0.717, 1.165) is 11.3 Å². The van der Waals surface area contributed by atoms with Gasteiger partial charge in [-0.05, 0) is 36.6 Å². The fourth-order valence-corrected chi connectivity index (χ4v) is 2.99. The Morgan fingerprint density at radius 3 is 2.64 bits per heavy atom. The molecule has 0 saturated carbocycles. The zero-order chi connectivity index (χ0) is 17.8. The van der Waals surface area contributed by atoms with Gasteiger partial charge >= 0.3 is 0 Å². The minimum atomic E-state index is -0.384. The lowest BCUT2D eigenvalue weighted by Crippen LogP contribution is -2.23. The van der Waals surface area contributed by atoms with Crippen molar-refractivity contribution in [3.8, 4) is 11.7 Å². The summed E-state index contributed by atoms with van der Waals surface area (Å²) in [6, 6.07) is 11.3. The molecule has 1 atom stereocenters. The van der Waals surface area contributed by atoms with Crippen LogP contribution < -0.4 is 5.32 Å². The maximum Gasteiger partial charge on any atom is 0.284 e. The van der Waals surface area contributed by atoms with E-state index in [1.165, 1.54) is 18.0 Å².